The van der Waals surface area contributed by atoms with Crippen molar-refractivity contribution in [1.82, 2.24) is 10.2 Å². The number of benzene rings is 1. The van der Waals surface area contributed by atoms with Gasteiger partial charge in [0.05, 0.1) is 13.2 Å². The van der Waals surface area contributed by atoms with E-state index in [9.17, 15) is 9.18 Å². The van der Waals surface area contributed by atoms with E-state index in [-0.39, 0.29) is 17.0 Å². The lowest BCUT2D eigenvalue weighted by Gasteiger charge is -2.19. The van der Waals surface area contributed by atoms with Crippen LogP contribution >= 0.6 is 11.6 Å². The second-order valence-corrected chi connectivity index (χ2v) is 5.63. The molecule has 0 bridgehead atoms. The summed E-state index contributed by atoms with van der Waals surface area (Å²) in [6.45, 7) is 3.59. The number of ether oxygens (including phenoxy) is 1. The SMILES string of the molecule is CN1CCOC[C@H](CNC(=O)Nc2cc(F)cc(Cl)c2)C1. The predicted octanol–water partition coefficient (Wildman–Crippen LogP) is 2.18. The molecule has 2 N–H and O–H groups in total. The van der Waals surface area contributed by atoms with Crippen LogP contribution in [-0.4, -0.2) is 50.8 Å². The summed E-state index contributed by atoms with van der Waals surface area (Å²) < 4.78 is 18.6. The van der Waals surface area contributed by atoms with Crippen molar-refractivity contribution < 1.29 is 13.9 Å². The summed E-state index contributed by atoms with van der Waals surface area (Å²) in [6.07, 6.45) is 0. The van der Waals surface area contributed by atoms with Crippen molar-refractivity contribution in [2.24, 2.45) is 5.92 Å². The van der Waals surface area contributed by atoms with Crippen LogP contribution in [0.3, 0.4) is 0 Å². The zero-order chi connectivity index (χ0) is 15.2. The third-order valence-corrected chi connectivity index (χ3v) is 3.43. The van der Waals surface area contributed by atoms with Crippen molar-refractivity contribution in [3.05, 3.63) is 29.0 Å². The van der Waals surface area contributed by atoms with Gasteiger partial charge in [0.15, 0.2) is 0 Å². The lowest BCUT2D eigenvalue weighted by atomic mass is 10.1. The minimum atomic E-state index is -0.489. The number of carbonyl (C=O) groups is 1. The number of hydrogen-bond acceptors (Lipinski definition) is 3. The van der Waals surface area contributed by atoms with Gasteiger partial charge >= 0.3 is 6.03 Å². The van der Waals surface area contributed by atoms with Crippen LogP contribution in [0.15, 0.2) is 18.2 Å². The Morgan fingerprint density at radius 1 is 1.52 bits per heavy atom. The normalized spacial score (nSPS) is 19.9. The zero-order valence-electron chi connectivity index (χ0n) is 11.9. The van der Waals surface area contributed by atoms with Gasteiger partial charge in [-0.15, -0.1) is 0 Å². The predicted molar refractivity (Wildman–Crippen MR) is 80.2 cm³/mol. The van der Waals surface area contributed by atoms with Crippen molar-refractivity contribution in [1.29, 1.82) is 0 Å². The first-order valence-electron chi connectivity index (χ1n) is 6.80. The van der Waals surface area contributed by atoms with E-state index in [0.29, 0.717) is 25.4 Å². The molecule has 116 valence electrons. The van der Waals surface area contributed by atoms with Crippen molar-refractivity contribution in [2.45, 2.75) is 0 Å². The Labute approximate surface area is 128 Å². The van der Waals surface area contributed by atoms with E-state index in [1.54, 1.807) is 0 Å². The molecule has 21 heavy (non-hydrogen) atoms. The van der Waals surface area contributed by atoms with Crippen LogP contribution in [0.4, 0.5) is 14.9 Å². The van der Waals surface area contributed by atoms with Crippen molar-refractivity contribution in [2.75, 3.05) is 45.2 Å². The molecule has 1 aromatic carbocycles. The summed E-state index contributed by atoms with van der Waals surface area (Å²) in [6, 6.07) is 3.51. The summed E-state index contributed by atoms with van der Waals surface area (Å²) in [5.41, 5.74) is 0.326. The molecule has 0 aliphatic carbocycles. The lowest BCUT2D eigenvalue weighted by molar-refractivity contribution is 0.122. The monoisotopic (exact) mass is 315 g/mol. The molecule has 0 spiro atoms. The highest BCUT2D eigenvalue weighted by atomic mass is 35.5. The second-order valence-electron chi connectivity index (χ2n) is 5.20. The maximum Gasteiger partial charge on any atom is 0.319 e. The third kappa shape index (κ3) is 5.49. The summed E-state index contributed by atoms with van der Waals surface area (Å²) in [5.74, 6) is -0.254. The number of anilines is 1. The maximum atomic E-state index is 13.2. The molecule has 0 radical (unpaired) electrons. The first-order valence-corrected chi connectivity index (χ1v) is 7.18. The smallest absolute Gasteiger partial charge is 0.319 e. The van der Waals surface area contributed by atoms with Gasteiger partial charge in [0.2, 0.25) is 0 Å². The number of rotatable bonds is 3. The first-order chi connectivity index (χ1) is 10.0. The lowest BCUT2D eigenvalue weighted by Crippen LogP contribution is -2.37. The molecule has 1 heterocycles. The summed E-state index contributed by atoms with van der Waals surface area (Å²) in [5, 5.41) is 5.57. The van der Waals surface area contributed by atoms with Crippen LogP contribution in [0.25, 0.3) is 0 Å². The minimum absolute atomic E-state index is 0.236. The van der Waals surface area contributed by atoms with Crippen molar-refractivity contribution in [3.8, 4) is 0 Å². The Bertz CT molecular complexity index is 481. The van der Waals surface area contributed by atoms with Gasteiger partial charge in [-0.2, -0.15) is 0 Å². The minimum Gasteiger partial charge on any atom is -0.380 e. The maximum absolute atomic E-state index is 13.2. The number of likely N-dealkylation sites (N-methyl/N-ethyl adjacent to an activating group) is 1. The number of nitrogens with zero attached hydrogens (tertiary/aromatic N) is 1. The molecule has 1 fully saturated rings. The third-order valence-electron chi connectivity index (χ3n) is 3.21. The van der Waals surface area contributed by atoms with Crippen LogP contribution < -0.4 is 10.6 Å². The Hall–Kier alpha value is -1.37. The van der Waals surface area contributed by atoms with E-state index in [1.807, 2.05) is 7.05 Å². The fraction of sp³-hybridized carbons (Fsp3) is 0.500. The fourth-order valence-electron chi connectivity index (χ4n) is 2.22. The summed E-state index contributed by atoms with van der Waals surface area (Å²) in [7, 11) is 2.02. The van der Waals surface area contributed by atoms with Gasteiger partial charge in [0, 0.05) is 36.3 Å². The average molecular weight is 316 g/mol. The van der Waals surface area contributed by atoms with Crippen LogP contribution in [-0.2, 0) is 4.74 Å². The van der Waals surface area contributed by atoms with Crippen LogP contribution in [0.1, 0.15) is 0 Å². The Morgan fingerprint density at radius 3 is 3.10 bits per heavy atom. The highest BCUT2D eigenvalue weighted by Gasteiger charge is 2.16. The zero-order valence-corrected chi connectivity index (χ0v) is 12.6. The van der Waals surface area contributed by atoms with Gasteiger partial charge in [-0.25, -0.2) is 9.18 Å². The number of hydrogen-bond donors (Lipinski definition) is 2. The molecule has 1 aliphatic heterocycles. The molecular formula is C14H19ClFN3O2. The molecule has 0 aromatic heterocycles. The molecule has 0 saturated carbocycles. The number of carbonyl (C=O) groups excluding carboxylic acids is 1. The van der Waals surface area contributed by atoms with Gasteiger partial charge in [0.25, 0.3) is 0 Å². The highest BCUT2D eigenvalue weighted by Crippen LogP contribution is 2.17. The molecule has 0 unspecified atom stereocenters. The van der Waals surface area contributed by atoms with Crippen molar-refractivity contribution in [3.63, 3.8) is 0 Å². The standard InChI is InChI=1S/C14H19ClFN3O2/c1-19-2-3-21-9-10(8-19)7-17-14(20)18-13-5-11(15)4-12(16)6-13/h4-6,10H,2-3,7-9H2,1H3,(H2,17,18,20)/t10-/m1/s1. The van der Waals surface area contributed by atoms with Gasteiger partial charge in [-0.3, -0.25) is 0 Å². The molecule has 5 nitrogen and oxygen atoms in total. The Morgan fingerprint density at radius 2 is 2.33 bits per heavy atom. The van der Waals surface area contributed by atoms with E-state index in [1.165, 1.54) is 18.2 Å². The molecule has 2 rings (SSSR count). The molecule has 2 amide bonds. The van der Waals surface area contributed by atoms with Gasteiger partial charge in [0.1, 0.15) is 5.82 Å². The van der Waals surface area contributed by atoms with Crippen LogP contribution in [0, 0.1) is 11.7 Å². The van der Waals surface area contributed by atoms with Gasteiger partial charge in [-0.05, 0) is 25.2 Å². The first kappa shape index (κ1) is 16.0. The van der Waals surface area contributed by atoms with E-state index in [0.717, 1.165) is 13.1 Å². The van der Waals surface area contributed by atoms with E-state index < -0.39 is 5.82 Å². The van der Waals surface area contributed by atoms with E-state index >= 15 is 0 Å². The topological polar surface area (TPSA) is 53.6 Å². The number of nitrogens with one attached hydrogen (secondary N) is 2. The molecule has 1 aromatic rings. The van der Waals surface area contributed by atoms with Crippen LogP contribution in [0.5, 0.6) is 0 Å². The number of urea groups is 1. The Kier molecular flexibility index (Phi) is 5.78. The summed E-state index contributed by atoms with van der Waals surface area (Å²) >= 11 is 5.73. The summed E-state index contributed by atoms with van der Waals surface area (Å²) in [4.78, 5) is 14.0. The molecule has 1 saturated heterocycles. The fourth-order valence-corrected chi connectivity index (χ4v) is 2.44. The van der Waals surface area contributed by atoms with Gasteiger partial charge < -0.3 is 20.3 Å². The number of amides is 2. The molecule has 1 atom stereocenters. The highest BCUT2D eigenvalue weighted by molar-refractivity contribution is 6.30. The average Bonchev–Trinajstić information content (AvgIpc) is 2.59. The Balaban J connectivity index is 1.81. The van der Waals surface area contributed by atoms with Crippen molar-refractivity contribution >= 4 is 23.3 Å². The van der Waals surface area contributed by atoms with E-state index in [2.05, 4.69) is 15.5 Å². The molecule has 7 heteroatoms. The van der Waals surface area contributed by atoms with E-state index in [4.69, 9.17) is 16.3 Å². The largest absolute Gasteiger partial charge is 0.380 e. The quantitative estimate of drug-likeness (QED) is 0.899. The number of halogens is 2. The molecular weight excluding hydrogens is 297 g/mol. The van der Waals surface area contributed by atoms with Gasteiger partial charge in [-0.1, -0.05) is 11.6 Å². The van der Waals surface area contributed by atoms with Crippen LogP contribution in [0.2, 0.25) is 5.02 Å². The molecule has 1 aliphatic rings. The second kappa shape index (κ2) is 7.59.